The molecule has 1 N–H and O–H groups in total. The number of amides is 1. The Balaban J connectivity index is 2.13. The van der Waals surface area contributed by atoms with Crippen LogP contribution >= 0.6 is 0 Å². The molecule has 0 bridgehead atoms. The van der Waals surface area contributed by atoms with Crippen LogP contribution in [0.2, 0.25) is 0 Å². The van der Waals surface area contributed by atoms with Crippen LogP contribution in [0.25, 0.3) is 22.3 Å². The quantitative estimate of drug-likeness (QED) is 0.199. The van der Waals surface area contributed by atoms with Crippen molar-refractivity contribution in [3.63, 3.8) is 0 Å². The predicted molar refractivity (Wildman–Crippen MR) is 159 cm³/mol. The van der Waals surface area contributed by atoms with Gasteiger partial charge in [-0.15, -0.1) is 0 Å². The summed E-state index contributed by atoms with van der Waals surface area (Å²) in [6.07, 6.45) is 11.0. The zero-order chi connectivity index (χ0) is 28.7. The highest BCUT2D eigenvalue weighted by Gasteiger charge is 2.22. The van der Waals surface area contributed by atoms with Crippen LogP contribution in [-0.2, 0) is 4.79 Å². The van der Waals surface area contributed by atoms with E-state index in [-0.39, 0.29) is 28.9 Å². The molecule has 1 unspecified atom stereocenters. The van der Waals surface area contributed by atoms with Crippen molar-refractivity contribution >= 4 is 34.4 Å². The molecule has 1 aromatic heterocycles. The first-order valence-corrected chi connectivity index (χ1v) is 13.9. The maximum absolute atomic E-state index is 15.9. The Morgan fingerprint density at radius 2 is 2.03 bits per heavy atom. The van der Waals surface area contributed by atoms with E-state index in [0.29, 0.717) is 29.0 Å². The smallest absolute Gasteiger partial charge is 0.265 e. The van der Waals surface area contributed by atoms with Crippen molar-refractivity contribution < 1.29 is 18.7 Å². The molecular formula is C32H42FN3O3. The summed E-state index contributed by atoms with van der Waals surface area (Å²) < 4.78 is 21.5. The number of benzene rings is 1. The molecule has 6 nitrogen and oxygen atoms in total. The zero-order valence-corrected chi connectivity index (χ0v) is 24.2. The maximum atomic E-state index is 15.9. The zero-order valence-electron chi connectivity index (χ0n) is 24.2. The molecule has 1 aliphatic rings. The monoisotopic (exact) mass is 535 g/mol. The number of aliphatic hydroxyl groups is 1. The molecule has 0 aliphatic carbocycles. The molecule has 39 heavy (non-hydrogen) atoms. The number of hydrogen-bond acceptors (Lipinski definition) is 5. The van der Waals surface area contributed by atoms with Gasteiger partial charge >= 0.3 is 0 Å². The Hall–Kier alpha value is -3.61. The van der Waals surface area contributed by atoms with Gasteiger partial charge in [-0.25, -0.2) is 9.38 Å². The number of aliphatic imine (C=N–C) groups is 1. The third-order valence-electron chi connectivity index (χ3n) is 7.59. The largest absolute Gasteiger partial charge is 0.505 e. The molecule has 0 radical (unpaired) electrons. The van der Waals surface area contributed by atoms with E-state index in [1.54, 1.807) is 12.1 Å². The van der Waals surface area contributed by atoms with Gasteiger partial charge in [-0.05, 0) is 76.3 Å². The molecule has 1 saturated heterocycles. The molecule has 2 heterocycles. The Bertz CT molecular complexity index is 1330. The van der Waals surface area contributed by atoms with Gasteiger partial charge in [0.25, 0.3) is 5.91 Å². The van der Waals surface area contributed by atoms with E-state index in [1.807, 2.05) is 49.8 Å². The van der Waals surface area contributed by atoms with Crippen LogP contribution in [0.3, 0.4) is 0 Å². The number of furan rings is 1. The fourth-order valence-corrected chi connectivity index (χ4v) is 4.98. The van der Waals surface area contributed by atoms with Gasteiger partial charge in [0.2, 0.25) is 0 Å². The number of aliphatic hydroxyl groups excluding tert-OH is 1. The third kappa shape index (κ3) is 6.88. The lowest BCUT2D eigenvalue weighted by atomic mass is 9.96. The number of rotatable bonds is 9. The SMILES string of the molecule is C=C(O)c1cc2c(F)c(C(/C=C(/N=C/C(=O)N3CCCCCC3C)N(C)/C(=C\C)CC)=C(\C)CC)ccc2o1. The summed E-state index contributed by atoms with van der Waals surface area (Å²) in [5, 5.41) is 10.0. The van der Waals surface area contributed by atoms with E-state index in [4.69, 9.17) is 9.41 Å². The fraction of sp³-hybridized carbons (Fsp3) is 0.438. The molecule has 1 amide bonds. The van der Waals surface area contributed by atoms with Crippen molar-refractivity contribution in [2.24, 2.45) is 4.99 Å². The van der Waals surface area contributed by atoms with E-state index >= 15 is 4.39 Å². The van der Waals surface area contributed by atoms with Crippen molar-refractivity contribution in [1.29, 1.82) is 0 Å². The number of fused-ring (bicyclic) bond motifs is 1. The molecule has 1 aromatic carbocycles. The van der Waals surface area contributed by atoms with Crippen molar-refractivity contribution in [3.8, 4) is 0 Å². The maximum Gasteiger partial charge on any atom is 0.265 e. The number of halogens is 1. The molecule has 3 rings (SSSR count). The van der Waals surface area contributed by atoms with Crippen LogP contribution in [0.4, 0.5) is 4.39 Å². The summed E-state index contributed by atoms with van der Waals surface area (Å²) >= 11 is 0. The van der Waals surface area contributed by atoms with Crippen molar-refractivity contribution in [2.75, 3.05) is 13.6 Å². The van der Waals surface area contributed by atoms with E-state index in [2.05, 4.69) is 20.4 Å². The average molecular weight is 536 g/mol. The van der Waals surface area contributed by atoms with Gasteiger partial charge in [-0.2, -0.15) is 0 Å². The van der Waals surface area contributed by atoms with Crippen LogP contribution < -0.4 is 0 Å². The summed E-state index contributed by atoms with van der Waals surface area (Å²) in [6, 6.07) is 5.00. The van der Waals surface area contributed by atoms with Crippen molar-refractivity contribution in [3.05, 3.63) is 71.2 Å². The van der Waals surface area contributed by atoms with Crippen LogP contribution in [0.15, 0.2) is 63.4 Å². The Labute approximate surface area is 231 Å². The summed E-state index contributed by atoms with van der Waals surface area (Å²) in [6.45, 7) is 14.3. The van der Waals surface area contributed by atoms with Crippen LogP contribution in [0, 0.1) is 5.82 Å². The molecule has 1 aliphatic heterocycles. The topological polar surface area (TPSA) is 69.3 Å². The molecule has 7 heteroatoms. The number of carbonyl (C=O) groups excluding carboxylic acids is 1. The Morgan fingerprint density at radius 3 is 2.67 bits per heavy atom. The van der Waals surface area contributed by atoms with Gasteiger partial charge in [-0.3, -0.25) is 4.79 Å². The Kier molecular flexibility index (Phi) is 10.3. The Morgan fingerprint density at radius 1 is 1.28 bits per heavy atom. The van der Waals surface area contributed by atoms with Gasteiger partial charge in [-0.1, -0.05) is 44.9 Å². The number of nitrogens with zero attached hydrogens (tertiary/aromatic N) is 3. The lowest BCUT2D eigenvalue weighted by molar-refractivity contribution is -0.125. The van der Waals surface area contributed by atoms with E-state index in [9.17, 15) is 9.90 Å². The van der Waals surface area contributed by atoms with Gasteiger partial charge < -0.3 is 19.3 Å². The lowest BCUT2D eigenvalue weighted by Gasteiger charge is -2.26. The first-order chi connectivity index (χ1) is 18.6. The second-order valence-electron chi connectivity index (χ2n) is 10.1. The van der Waals surface area contributed by atoms with Crippen molar-refractivity contribution in [1.82, 2.24) is 9.80 Å². The molecular weight excluding hydrogens is 493 g/mol. The van der Waals surface area contributed by atoms with Crippen LogP contribution in [0.5, 0.6) is 0 Å². The average Bonchev–Trinajstić information content (AvgIpc) is 3.26. The normalized spacial score (nSPS) is 17.9. The van der Waals surface area contributed by atoms with Crippen molar-refractivity contribution in [2.45, 2.75) is 79.2 Å². The fourth-order valence-electron chi connectivity index (χ4n) is 4.98. The van der Waals surface area contributed by atoms with Crippen LogP contribution in [-0.4, -0.2) is 46.7 Å². The summed E-state index contributed by atoms with van der Waals surface area (Å²) in [7, 11) is 1.91. The molecule has 0 spiro atoms. The minimum atomic E-state index is -0.454. The number of carbonyl (C=O) groups is 1. The summed E-state index contributed by atoms with van der Waals surface area (Å²) in [5.41, 5.74) is 3.40. The van der Waals surface area contributed by atoms with Gasteiger partial charge in [0.15, 0.2) is 11.5 Å². The van der Waals surface area contributed by atoms with Gasteiger partial charge in [0, 0.05) is 30.9 Å². The molecule has 2 aromatic rings. The third-order valence-corrected chi connectivity index (χ3v) is 7.59. The number of allylic oxidation sites excluding steroid dienone is 5. The molecule has 1 atom stereocenters. The summed E-state index contributed by atoms with van der Waals surface area (Å²) in [4.78, 5) is 21.7. The first-order valence-electron chi connectivity index (χ1n) is 13.9. The highest BCUT2D eigenvalue weighted by molar-refractivity contribution is 6.26. The second-order valence-corrected chi connectivity index (χ2v) is 10.1. The number of likely N-dealkylation sites (tertiary alicyclic amines) is 1. The highest BCUT2D eigenvalue weighted by Crippen LogP contribution is 2.33. The predicted octanol–water partition coefficient (Wildman–Crippen LogP) is 8.23. The second kappa shape index (κ2) is 13.5. The molecule has 0 saturated carbocycles. The lowest BCUT2D eigenvalue weighted by Crippen LogP contribution is -2.39. The standard InChI is InChI=1S/C32H42FN3O3/c1-8-21(4)26(25-15-16-28-27(32(25)33)18-29(39-28)23(6)37)19-30(35(7)24(9-2)10-3)34-20-31(38)36-17-13-11-12-14-22(36)5/h9,15-16,18-20,22,37H,6,8,10-14,17H2,1-5,7H3/b24-9-,26-21+,30-19-,34-20+. The first kappa shape index (κ1) is 29.9. The van der Waals surface area contributed by atoms with Crippen LogP contribution in [0.1, 0.15) is 84.5 Å². The van der Waals surface area contributed by atoms with E-state index in [0.717, 1.165) is 49.9 Å². The minimum absolute atomic E-state index is 0.109. The van der Waals surface area contributed by atoms with E-state index < -0.39 is 5.82 Å². The summed E-state index contributed by atoms with van der Waals surface area (Å²) in [5.74, 6) is -0.152. The number of hydrogen-bond donors (Lipinski definition) is 1. The van der Waals surface area contributed by atoms with Gasteiger partial charge in [0.05, 0.1) is 11.6 Å². The highest BCUT2D eigenvalue weighted by atomic mass is 19.1. The van der Waals surface area contributed by atoms with Gasteiger partial charge in [0.1, 0.15) is 17.2 Å². The molecule has 210 valence electrons. The molecule has 1 fully saturated rings. The van der Waals surface area contributed by atoms with E-state index in [1.165, 1.54) is 12.3 Å². The minimum Gasteiger partial charge on any atom is -0.505 e.